The summed E-state index contributed by atoms with van der Waals surface area (Å²) < 4.78 is 0. The van der Waals surface area contributed by atoms with Gasteiger partial charge in [-0.2, -0.15) is 0 Å². The first-order chi connectivity index (χ1) is 7.99. The van der Waals surface area contributed by atoms with Gasteiger partial charge < -0.3 is 21.7 Å². The second-order valence-corrected chi connectivity index (χ2v) is 3.63. The average Bonchev–Trinajstić information content (AvgIpc) is 2.27. The monoisotopic (exact) mass is 241 g/mol. The zero-order valence-corrected chi connectivity index (χ0v) is 9.11. The topological polar surface area (TPSA) is 136 Å². The second kappa shape index (κ2) is 5.58. The van der Waals surface area contributed by atoms with Gasteiger partial charge in [-0.3, -0.25) is 10.1 Å². The molecule has 0 amide bonds. The highest BCUT2D eigenvalue weighted by molar-refractivity contribution is 5.63. The first-order valence-electron chi connectivity index (χ1n) is 5.08. The van der Waals surface area contributed by atoms with Gasteiger partial charge in [-0.25, -0.2) is 0 Å². The van der Waals surface area contributed by atoms with Gasteiger partial charge in [-0.15, -0.1) is 0 Å². The van der Waals surface area contributed by atoms with E-state index in [0.717, 1.165) is 0 Å². The molecule has 0 saturated carbocycles. The minimum atomic E-state index is -1.37. The predicted molar refractivity (Wildman–Crippen MR) is 62.1 cm³/mol. The minimum Gasteiger partial charge on any atom is -0.393 e. The third-order valence-corrected chi connectivity index (χ3v) is 2.43. The fourth-order valence-corrected chi connectivity index (χ4v) is 1.57. The molecule has 0 aliphatic carbocycles. The van der Waals surface area contributed by atoms with E-state index in [2.05, 4.69) is 0 Å². The lowest BCUT2D eigenvalue weighted by Crippen LogP contribution is -2.22. The van der Waals surface area contributed by atoms with Crippen LogP contribution in [-0.4, -0.2) is 27.8 Å². The lowest BCUT2D eigenvalue weighted by Gasteiger charge is -2.17. The number of rotatable bonds is 5. The number of nitrogens with zero attached hydrogens (tertiary/aromatic N) is 1. The van der Waals surface area contributed by atoms with Gasteiger partial charge in [0, 0.05) is 0 Å². The molecule has 0 radical (unpaired) electrons. The maximum Gasteiger partial charge on any atom is 0.297 e. The Morgan fingerprint density at radius 1 is 1.41 bits per heavy atom. The van der Waals surface area contributed by atoms with Crippen LogP contribution < -0.4 is 11.5 Å². The van der Waals surface area contributed by atoms with E-state index in [0.29, 0.717) is 0 Å². The Balaban J connectivity index is 3.13. The number of para-hydroxylation sites is 1. The lowest BCUT2D eigenvalue weighted by molar-refractivity contribution is -0.385. The predicted octanol–water partition coefficient (Wildman–Crippen LogP) is -0.0799. The van der Waals surface area contributed by atoms with Crippen molar-refractivity contribution in [1.82, 2.24) is 0 Å². The Morgan fingerprint density at radius 3 is 2.59 bits per heavy atom. The number of aliphatic hydroxyl groups excluding tert-OH is 2. The van der Waals surface area contributed by atoms with Gasteiger partial charge in [0.2, 0.25) is 0 Å². The molecular weight excluding hydrogens is 226 g/mol. The van der Waals surface area contributed by atoms with E-state index in [1.54, 1.807) is 0 Å². The fourth-order valence-electron chi connectivity index (χ4n) is 1.57. The summed E-state index contributed by atoms with van der Waals surface area (Å²) in [7, 11) is 0. The van der Waals surface area contributed by atoms with Crippen LogP contribution >= 0.6 is 0 Å². The number of hydrogen-bond donors (Lipinski definition) is 4. The Labute approximate surface area is 97.8 Å². The summed E-state index contributed by atoms with van der Waals surface area (Å²) in [6, 6.07) is 4.21. The summed E-state index contributed by atoms with van der Waals surface area (Å²) in [6.45, 7) is 0.175. The van der Waals surface area contributed by atoms with Gasteiger partial charge >= 0.3 is 0 Å². The highest BCUT2D eigenvalue weighted by Crippen LogP contribution is 2.32. The van der Waals surface area contributed by atoms with Crippen molar-refractivity contribution in [2.45, 2.75) is 18.6 Å². The number of nitrogens with two attached hydrogens (primary N) is 2. The van der Waals surface area contributed by atoms with Crippen LogP contribution in [0.5, 0.6) is 0 Å². The Bertz CT molecular complexity index is 411. The third-order valence-electron chi connectivity index (χ3n) is 2.43. The molecule has 0 aromatic heterocycles. The zero-order valence-electron chi connectivity index (χ0n) is 9.11. The number of nitrogen functional groups attached to an aromatic ring is 1. The fraction of sp³-hybridized carbons (Fsp3) is 0.400. The van der Waals surface area contributed by atoms with Gasteiger partial charge in [0.15, 0.2) is 0 Å². The van der Waals surface area contributed by atoms with Crippen LogP contribution in [0.15, 0.2) is 18.2 Å². The van der Waals surface area contributed by atoms with Crippen molar-refractivity contribution in [2.75, 3.05) is 12.3 Å². The molecule has 1 aromatic carbocycles. The molecule has 0 bridgehead atoms. The van der Waals surface area contributed by atoms with E-state index in [9.17, 15) is 20.3 Å². The lowest BCUT2D eigenvalue weighted by atomic mass is 9.99. The van der Waals surface area contributed by atoms with Crippen molar-refractivity contribution in [3.63, 3.8) is 0 Å². The Morgan fingerprint density at radius 2 is 2.06 bits per heavy atom. The molecule has 0 heterocycles. The minimum absolute atomic E-state index is 0.00375. The average molecular weight is 241 g/mol. The van der Waals surface area contributed by atoms with Gasteiger partial charge in [-0.05, 0) is 25.1 Å². The molecule has 0 saturated heterocycles. The maximum absolute atomic E-state index is 10.8. The van der Waals surface area contributed by atoms with Crippen molar-refractivity contribution in [3.05, 3.63) is 33.9 Å². The van der Waals surface area contributed by atoms with Crippen LogP contribution in [0.4, 0.5) is 11.4 Å². The largest absolute Gasteiger partial charge is 0.393 e. The molecule has 0 aliphatic rings. The number of anilines is 1. The first kappa shape index (κ1) is 13.4. The molecule has 2 atom stereocenters. The number of aliphatic hydroxyl groups is 2. The van der Waals surface area contributed by atoms with Gasteiger partial charge in [0.05, 0.1) is 16.6 Å². The Kier molecular flexibility index (Phi) is 4.38. The van der Waals surface area contributed by atoms with Crippen LogP contribution in [0.25, 0.3) is 0 Å². The van der Waals surface area contributed by atoms with Crippen molar-refractivity contribution in [3.8, 4) is 0 Å². The third kappa shape index (κ3) is 2.90. The molecule has 0 spiro atoms. The summed E-state index contributed by atoms with van der Waals surface area (Å²) in [5.74, 6) is 0. The van der Waals surface area contributed by atoms with E-state index in [1.165, 1.54) is 18.2 Å². The van der Waals surface area contributed by atoms with Crippen molar-refractivity contribution in [1.29, 1.82) is 0 Å². The Hall–Kier alpha value is -1.70. The summed E-state index contributed by atoms with van der Waals surface area (Å²) in [4.78, 5) is 10.2. The molecule has 1 rings (SSSR count). The van der Waals surface area contributed by atoms with Gasteiger partial charge in [0.25, 0.3) is 5.69 Å². The number of hydrogen-bond acceptors (Lipinski definition) is 6. The summed E-state index contributed by atoms with van der Waals surface area (Å²) in [5, 5.41) is 30.2. The van der Waals surface area contributed by atoms with E-state index < -0.39 is 17.1 Å². The molecule has 7 nitrogen and oxygen atoms in total. The van der Waals surface area contributed by atoms with Crippen LogP contribution in [0, 0.1) is 10.1 Å². The molecular formula is C10H15N3O4. The van der Waals surface area contributed by atoms with E-state index in [-0.39, 0.29) is 29.9 Å². The van der Waals surface area contributed by atoms with E-state index >= 15 is 0 Å². The van der Waals surface area contributed by atoms with Crippen molar-refractivity contribution in [2.24, 2.45) is 5.73 Å². The van der Waals surface area contributed by atoms with Crippen molar-refractivity contribution < 1.29 is 15.1 Å². The van der Waals surface area contributed by atoms with Crippen LogP contribution in [-0.2, 0) is 0 Å². The number of benzene rings is 1. The number of nitro groups is 1. The van der Waals surface area contributed by atoms with Crippen molar-refractivity contribution >= 4 is 11.4 Å². The quantitative estimate of drug-likeness (QED) is 0.323. The van der Waals surface area contributed by atoms with Crippen LogP contribution in [0.1, 0.15) is 18.1 Å². The molecule has 0 fully saturated rings. The smallest absolute Gasteiger partial charge is 0.297 e. The molecule has 0 aliphatic heterocycles. The molecule has 17 heavy (non-hydrogen) atoms. The van der Waals surface area contributed by atoms with Gasteiger partial charge in [-0.1, -0.05) is 6.07 Å². The summed E-state index contributed by atoms with van der Waals surface area (Å²) in [5.41, 5.74) is 10.3. The molecule has 2 unspecified atom stereocenters. The molecule has 7 heteroatoms. The normalized spacial score (nSPS) is 14.3. The maximum atomic E-state index is 10.8. The second-order valence-electron chi connectivity index (χ2n) is 3.63. The highest BCUT2D eigenvalue weighted by atomic mass is 16.6. The number of nitro benzene ring substituents is 1. The SMILES string of the molecule is NCCC(O)C(O)c1cccc(N)c1[N+](=O)[O-]. The first-order valence-corrected chi connectivity index (χ1v) is 5.08. The van der Waals surface area contributed by atoms with Crippen LogP contribution in [0.3, 0.4) is 0 Å². The van der Waals surface area contributed by atoms with Crippen LogP contribution in [0.2, 0.25) is 0 Å². The summed E-state index contributed by atoms with van der Waals surface area (Å²) >= 11 is 0. The zero-order chi connectivity index (χ0) is 13.0. The molecule has 1 aromatic rings. The standard InChI is InChI=1S/C10H15N3O4/c11-5-4-8(14)10(15)6-2-1-3-7(12)9(6)13(16)17/h1-3,8,10,14-15H,4-5,11-12H2. The molecule has 94 valence electrons. The van der Waals surface area contributed by atoms with E-state index in [1.807, 2.05) is 0 Å². The summed E-state index contributed by atoms with van der Waals surface area (Å²) in [6.07, 6.45) is -2.38. The van der Waals surface area contributed by atoms with E-state index in [4.69, 9.17) is 11.5 Å². The van der Waals surface area contributed by atoms with Gasteiger partial charge in [0.1, 0.15) is 11.8 Å². The molecule has 6 N–H and O–H groups in total. The highest BCUT2D eigenvalue weighted by Gasteiger charge is 2.27.